The molecule has 0 bridgehead atoms. The van der Waals surface area contributed by atoms with Gasteiger partial charge in [-0.05, 0) is 39.0 Å². The first-order valence-electron chi connectivity index (χ1n) is 8.51. The Morgan fingerprint density at radius 1 is 1.19 bits per heavy atom. The molecule has 4 rings (SSSR count). The monoisotopic (exact) mass is 375 g/mol. The fraction of sp³-hybridized carbons (Fsp3) is 0.444. The quantitative estimate of drug-likeness (QED) is 0.801. The number of rotatable bonds is 2. The van der Waals surface area contributed by atoms with Crippen molar-refractivity contribution in [3.05, 3.63) is 35.7 Å². The van der Waals surface area contributed by atoms with Crippen LogP contribution >= 0.6 is 11.9 Å². The Morgan fingerprint density at radius 2 is 1.96 bits per heavy atom. The first-order chi connectivity index (χ1) is 12.4. The predicted octanol–water partition coefficient (Wildman–Crippen LogP) is 3.46. The van der Waals surface area contributed by atoms with E-state index in [1.54, 1.807) is 4.90 Å². The Hall–Kier alpha value is -2.35. The Morgan fingerprint density at radius 3 is 2.69 bits per heavy atom. The highest BCUT2D eigenvalue weighted by atomic mass is 32.2. The van der Waals surface area contributed by atoms with Gasteiger partial charge in [-0.3, -0.25) is 4.90 Å². The van der Waals surface area contributed by atoms with Crippen LogP contribution in [-0.2, 0) is 17.8 Å². The molecule has 0 unspecified atom stereocenters. The van der Waals surface area contributed by atoms with Gasteiger partial charge in [0.2, 0.25) is 0 Å². The highest BCUT2D eigenvalue weighted by Gasteiger charge is 2.30. The Balaban J connectivity index is 1.42. The van der Waals surface area contributed by atoms with E-state index in [0.29, 0.717) is 26.3 Å². The van der Waals surface area contributed by atoms with E-state index in [1.807, 2.05) is 49.3 Å². The summed E-state index contributed by atoms with van der Waals surface area (Å²) in [5.74, 6) is 1.54. The van der Waals surface area contributed by atoms with Gasteiger partial charge in [-0.15, -0.1) is 0 Å². The van der Waals surface area contributed by atoms with Crippen molar-refractivity contribution in [1.82, 2.24) is 14.1 Å². The zero-order valence-corrected chi connectivity index (χ0v) is 15.8. The fourth-order valence-corrected chi connectivity index (χ4v) is 3.64. The molecular formula is C18H21N3O4S. The van der Waals surface area contributed by atoms with Crippen LogP contribution in [0.5, 0.6) is 11.5 Å². The van der Waals surface area contributed by atoms with Gasteiger partial charge in [0.25, 0.3) is 0 Å². The molecule has 26 heavy (non-hydrogen) atoms. The summed E-state index contributed by atoms with van der Waals surface area (Å²) >= 11 is 1.50. The van der Waals surface area contributed by atoms with Crippen LogP contribution in [-0.4, -0.2) is 39.0 Å². The highest BCUT2D eigenvalue weighted by Crippen LogP contribution is 2.35. The summed E-state index contributed by atoms with van der Waals surface area (Å²) in [7, 11) is 0. The SMILES string of the molecule is CC(C)(C)OC(=O)N1Cc2cn(Sc3ccc4c(c3)OCCO4)nc2C1. The molecule has 0 N–H and O–H groups in total. The van der Waals surface area contributed by atoms with Gasteiger partial charge in [0, 0.05) is 28.6 Å². The maximum absolute atomic E-state index is 12.2. The van der Waals surface area contributed by atoms with Crippen LogP contribution in [0, 0.1) is 0 Å². The second kappa shape index (κ2) is 6.42. The number of aromatic nitrogens is 2. The number of hydrogen-bond donors (Lipinski definition) is 0. The van der Waals surface area contributed by atoms with Gasteiger partial charge >= 0.3 is 6.09 Å². The summed E-state index contributed by atoms with van der Waals surface area (Å²) in [6, 6.07) is 5.86. The Labute approximate surface area is 156 Å². The van der Waals surface area contributed by atoms with Crippen molar-refractivity contribution in [2.75, 3.05) is 13.2 Å². The van der Waals surface area contributed by atoms with Gasteiger partial charge in [-0.2, -0.15) is 5.10 Å². The summed E-state index contributed by atoms with van der Waals surface area (Å²) in [5, 5.41) is 4.59. The van der Waals surface area contributed by atoms with Crippen LogP contribution in [0.3, 0.4) is 0 Å². The minimum Gasteiger partial charge on any atom is -0.486 e. The molecule has 0 saturated carbocycles. The summed E-state index contributed by atoms with van der Waals surface area (Å²) in [6.45, 7) is 7.74. The molecule has 1 aromatic heterocycles. The molecule has 2 aliphatic rings. The molecule has 1 aromatic carbocycles. The van der Waals surface area contributed by atoms with Gasteiger partial charge in [-0.1, -0.05) is 0 Å². The van der Waals surface area contributed by atoms with Crippen molar-refractivity contribution in [2.45, 2.75) is 44.4 Å². The van der Waals surface area contributed by atoms with Crippen LogP contribution < -0.4 is 9.47 Å². The number of ether oxygens (including phenoxy) is 3. The topological polar surface area (TPSA) is 65.8 Å². The molecule has 0 spiro atoms. The minimum absolute atomic E-state index is 0.304. The largest absolute Gasteiger partial charge is 0.486 e. The smallest absolute Gasteiger partial charge is 0.410 e. The zero-order chi connectivity index (χ0) is 18.3. The average Bonchev–Trinajstić information content (AvgIpc) is 3.11. The third kappa shape index (κ3) is 3.60. The zero-order valence-electron chi connectivity index (χ0n) is 15.0. The van der Waals surface area contributed by atoms with E-state index in [0.717, 1.165) is 27.7 Å². The normalized spacial score (nSPS) is 15.7. The van der Waals surface area contributed by atoms with Crippen molar-refractivity contribution in [3.63, 3.8) is 0 Å². The van der Waals surface area contributed by atoms with E-state index in [4.69, 9.17) is 14.2 Å². The van der Waals surface area contributed by atoms with E-state index in [1.165, 1.54) is 11.9 Å². The third-order valence-corrected chi connectivity index (χ3v) is 4.76. The minimum atomic E-state index is -0.495. The van der Waals surface area contributed by atoms with Crippen LogP contribution in [0.4, 0.5) is 4.79 Å². The van der Waals surface area contributed by atoms with Gasteiger partial charge in [0.1, 0.15) is 18.8 Å². The summed E-state index contributed by atoms with van der Waals surface area (Å²) in [6.07, 6.45) is 1.66. The Bertz CT molecular complexity index is 820. The lowest BCUT2D eigenvalue weighted by molar-refractivity contribution is 0.0239. The number of benzene rings is 1. The number of hydrogen-bond acceptors (Lipinski definition) is 6. The van der Waals surface area contributed by atoms with Crippen LogP contribution in [0.1, 0.15) is 32.0 Å². The van der Waals surface area contributed by atoms with Crippen molar-refractivity contribution in [2.24, 2.45) is 0 Å². The van der Waals surface area contributed by atoms with Crippen molar-refractivity contribution in [1.29, 1.82) is 0 Å². The third-order valence-electron chi connectivity index (χ3n) is 3.92. The van der Waals surface area contributed by atoms with E-state index >= 15 is 0 Å². The lowest BCUT2D eigenvalue weighted by Gasteiger charge is -2.24. The van der Waals surface area contributed by atoms with Crippen LogP contribution in [0.2, 0.25) is 0 Å². The molecule has 0 radical (unpaired) electrons. The molecule has 0 atom stereocenters. The molecule has 2 aliphatic heterocycles. The lowest BCUT2D eigenvalue weighted by atomic mass is 10.2. The maximum Gasteiger partial charge on any atom is 0.410 e. The molecule has 2 aromatic rings. The molecule has 0 aliphatic carbocycles. The number of amides is 1. The van der Waals surface area contributed by atoms with E-state index in [9.17, 15) is 4.79 Å². The molecule has 0 saturated heterocycles. The van der Waals surface area contributed by atoms with Gasteiger partial charge in [0.05, 0.1) is 18.8 Å². The molecule has 0 fully saturated rings. The maximum atomic E-state index is 12.2. The first kappa shape index (κ1) is 17.1. The summed E-state index contributed by atoms with van der Waals surface area (Å²) < 4.78 is 18.4. The Kier molecular flexibility index (Phi) is 4.22. The first-order valence-corrected chi connectivity index (χ1v) is 9.28. The second-order valence-corrected chi connectivity index (χ2v) is 8.26. The van der Waals surface area contributed by atoms with Crippen LogP contribution in [0.15, 0.2) is 29.3 Å². The van der Waals surface area contributed by atoms with Crippen molar-refractivity contribution >= 4 is 18.0 Å². The van der Waals surface area contributed by atoms with Crippen molar-refractivity contribution < 1.29 is 19.0 Å². The molecule has 1 amide bonds. The average molecular weight is 375 g/mol. The summed E-state index contributed by atoms with van der Waals surface area (Å²) in [4.78, 5) is 14.9. The molecule has 138 valence electrons. The molecule has 3 heterocycles. The molecule has 7 nitrogen and oxygen atoms in total. The fourth-order valence-electron chi connectivity index (χ4n) is 2.82. The predicted molar refractivity (Wildman–Crippen MR) is 96.4 cm³/mol. The van der Waals surface area contributed by atoms with E-state index in [-0.39, 0.29) is 6.09 Å². The lowest BCUT2D eigenvalue weighted by Crippen LogP contribution is -2.33. The number of carbonyl (C=O) groups is 1. The summed E-state index contributed by atoms with van der Waals surface area (Å²) in [5.41, 5.74) is 1.45. The van der Waals surface area contributed by atoms with Gasteiger partial charge < -0.3 is 14.2 Å². The van der Waals surface area contributed by atoms with Crippen LogP contribution in [0.25, 0.3) is 0 Å². The number of nitrogens with zero attached hydrogens (tertiary/aromatic N) is 3. The number of fused-ring (bicyclic) bond motifs is 2. The van der Waals surface area contributed by atoms with Gasteiger partial charge in [0.15, 0.2) is 11.5 Å². The number of carbonyl (C=O) groups excluding carboxylic acids is 1. The van der Waals surface area contributed by atoms with E-state index in [2.05, 4.69) is 5.10 Å². The highest BCUT2D eigenvalue weighted by molar-refractivity contribution is 7.97. The molecular weight excluding hydrogens is 354 g/mol. The van der Waals surface area contributed by atoms with E-state index < -0.39 is 5.60 Å². The standard InChI is InChI=1S/C18H21N3O4S/c1-18(2,3)25-17(22)20-9-12-10-21(19-14(12)11-20)26-13-4-5-15-16(8-13)24-7-6-23-15/h4-5,8,10H,6-7,9,11H2,1-3H3. The second-order valence-electron chi connectivity index (χ2n) is 7.24. The van der Waals surface area contributed by atoms with Gasteiger partial charge in [-0.25, -0.2) is 8.88 Å². The van der Waals surface area contributed by atoms with Crippen molar-refractivity contribution in [3.8, 4) is 11.5 Å². The molecule has 8 heteroatoms.